The fourth-order valence-electron chi connectivity index (χ4n) is 4.23. The third-order valence-corrected chi connectivity index (χ3v) is 7.48. The zero-order valence-electron chi connectivity index (χ0n) is 19.7. The maximum Gasteiger partial charge on any atom is 0.275 e. The van der Waals surface area contributed by atoms with Crippen LogP contribution in [0.25, 0.3) is 6.08 Å². The molecule has 2 heterocycles. The van der Waals surface area contributed by atoms with E-state index in [1.165, 1.54) is 47.0 Å². The fraction of sp³-hybridized carbons (Fsp3) is 0.0741. The van der Waals surface area contributed by atoms with Crippen LogP contribution in [-0.4, -0.2) is 15.4 Å². The van der Waals surface area contributed by atoms with Gasteiger partial charge in [0, 0.05) is 16.2 Å². The highest BCUT2D eigenvalue weighted by molar-refractivity contribution is 9.10. The van der Waals surface area contributed by atoms with Gasteiger partial charge in [0.25, 0.3) is 17.2 Å². The largest absolute Gasteiger partial charge is 0.322 e. The van der Waals surface area contributed by atoms with Crippen molar-refractivity contribution < 1.29 is 14.1 Å². The van der Waals surface area contributed by atoms with Crippen molar-refractivity contribution in [1.29, 1.82) is 0 Å². The van der Waals surface area contributed by atoms with E-state index in [1.807, 2.05) is 24.3 Å². The highest BCUT2D eigenvalue weighted by Gasteiger charge is 2.36. The van der Waals surface area contributed by atoms with Gasteiger partial charge in [-0.05, 0) is 61.0 Å². The number of rotatable bonds is 5. The molecule has 1 unspecified atom stereocenters. The molecule has 0 bridgehead atoms. The van der Waals surface area contributed by atoms with Gasteiger partial charge in [0.1, 0.15) is 11.9 Å². The highest BCUT2D eigenvalue weighted by atomic mass is 79.9. The monoisotopic (exact) mass is 592 g/mol. The molecule has 38 heavy (non-hydrogen) atoms. The van der Waals surface area contributed by atoms with Crippen LogP contribution in [0.1, 0.15) is 24.1 Å². The number of nitro groups is 1. The van der Waals surface area contributed by atoms with Gasteiger partial charge in [-0.3, -0.25) is 24.3 Å². The van der Waals surface area contributed by atoms with Gasteiger partial charge in [-0.25, -0.2) is 9.38 Å². The summed E-state index contributed by atoms with van der Waals surface area (Å²) in [5.41, 5.74) is 1.00. The normalized spacial score (nSPS) is 15.1. The molecule has 1 atom stereocenters. The Morgan fingerprint density at radius 3 is 2.50 bits per heavy atom. The lowest BCUT2D eigenvalue weighted by Crippen LogP contribution is -2.40. The first-order valence-corrected chi connectivity index (χ1v) is 12.9. The summed E-state index contributed by atoms with van der Waals surface area (Å²) < 4.78 is 16.0. The number of amides is 1. The summed E-state index contributed by atoms with van der Waals surface area (Å²) in [5.74, 6) is -1.07. The molecule has 8 nitrogen and oxygen atoms in total. The summed E-state index contributed by atoms with van der Waals surface area (Å²) in [6.45, 7) is 1.62. The number of carbonyl (C=O) groups is 1. The first kappa shape index (κ1) is 25.4. The fourth-order valence-corrected chi connectivity index (χ4v) is 5.54. The number of halogens is 2. The molecule has 0 radical (unpaired) electrons. The Balaban J connectivity index is 1.71. The molecule has 0 saturated carbocycles. The number of thiazole rings is 1. The predicted octanol–water partition coefficient (Wildman–Crippen LogP) is 4.68. The maximum absolute atomic E-state index is 13.7. The number of carbonyl (C=O) groups excluding carboxylic acids is 1. The van der Waals surface area contributed by atoms with Gasteiger partial charge >= 0.3 is 0 Å². The highest BCUT2D eigenvalue weighted by Crippen LogP contribution is 2.35. The third-order valence-electron chi connectivity index (χ3n) is 5.96. The van der Waals surface area contributed by atoms with E-state index in [0.717, 1.165) is 21.4 Å². The predicted molar refractivity (Wildman–Crippen MR) is 146 cm³/mol. The summed E-state index contributed by atoms with van der Waals surface area (Å²) in [6, 6.07) is 17.5. The summed E-state index contributed by atoms with van der Waals surface area (Å²) in [4.78, 5) is 43.5. The number of hydrogen-bond acceptors (Lipinski definition) is 6. The minimum Gasteiger partial charge on any atom is -0.322 e. The third kappa shape index (κ3) is 4.85. The molecule has 190 valence electrons. The smallest absolute Gasteiger partial charge is 0.275 e. The van der Waals surface area contributed by atoms with E-state index in [0.29, 0.717) is 20.7 Å². The van der Waals surface area contributed by atoms with Crippen molar-refractivity contribution in [3.8, 4) is 0 Å². The van der Waals surface area contributed by atoms with Crippen LogP contribution in [0.4, 0.5) is 15.8 Å². The second kappa shape index (κ2) is 10.3. The first-order valence-electron chi connectivity index (χ1n) is 11.3. The molecule has 0 aliphatic carbocycles. The van der Waals surface area contributed by atoms with E-state index in [4.69, 9.17) is 0 Å². The Morgan fingerprint density at radius 2 is 1.82 bits per heavy atom. The van der Waals surface area contributed by atoms with Gasteiger partial charge in [-0.15, -0.1) is 0 Å². The zero-order valence-corrected chi connectivity index (χ0v) is 22.1. The minimum absolute atomic E-state index is 0.0752. The number of benzene rings is 3. The molecule has 1 N–H and O–H groups in total. The van der Waals surface area contributed by atoms with Crippen molar-refractivity contribution in [3.63, 3.8) is 0 Å². The van der Waals surface area contributed by atoms with Gasteiger partial charge in [-0.2, -0.15) is 0 Å². The van der Waals surface area contributed by atoms with E-state index in [-0.39, 0.29) is 16.8 Å². The minimum atomic E-state index is -1.11. The molecule has 1 aromatic heterocycles. The van der Waals surface area contributed by atoms with Crippen LogP contribution < -0.4 is 20.2 Å². The standard InChI is InChI=1S/C27H18BrFN4O4S/c1-15-23(25(34)31-19-12-10-18(29)11-13-19)24(20-4-2-3-5-21(20)33(36)37)32-26(35)22(38-27(32)30-15)14-16-6-8-17(28)9-7-16/h2-14,24H,1H3,(H,31,34)/b22-14+. The number of fused-ring (bicyclic) bond motifs is 1. The maximum atomic E-state index is 13.7. The number of nitro benzene ring substituents is 1. The molecule has 3 aromatic carbocycles. The van der Waals surface area contributed by atoms with Crippen LogP contribution >= 0.6 is 27.3 Å². The molecule has 4 aromatic rings. The van der Waals surface area contributed by atoms with Crippen molar-refractivity contribution in [3.05, 3.63) is 135 Å². The Kier molecular flexibility index (Phi) is 6.87. The van der Waals surface area contributed by atoms with Crippen LogP contribution in [0.5, 0.6) is 0 Å². The second-order valence-electron chi connectivity index (χ2n) is 8.41. The zero-order chi connectivity index (χ0) is 27.0. The van der Waals surface area contributed by atoms with E-state index >= 15 is 0 Å². The number of anilines is 1. The van der Waals surface area contributed by atoms with Crippen LogP contribution in [0.15, 0.2) is 98.3 Å². The number of para-hydroxylation sites is 1. The van der Waals surface area contributed by atoms with Crippen LogP contribution in [0, 0.1) is 15.9 Å². The van der Waals surface area contributed by atoms with E-state index in [9.17, 15) is 24.1 Å². The van der Waals surface area contributed by atoms with Crippen molar-refractivity contribution in [2.45, 2.75) is 13.0 Å². The lowest BCUT2D eigenvalue weighted by Gasteiger charge is -2.25. The van der Waals surface area contributed by atoms with Gasteiger partial charge in [-0.1, -0.05) is 51.5 Å². The molecular weight excluding hydrogens is 575 g/mol. The average Bonchev–Trinajstić information content (AvgIpc) is 3.20. The van der Waals surface area contributed by atoms with Gasteiger partial charge < -0.3 is 5.32 Å². The Bertz CT molecular complexity index is 1790. The number of hydrogen-bond donors (Lipinski definition) is 1. The molecule has 1 aliphatic heterocycles. The van der Waals surface area contributed by atoms with Gasteiger partial charge in [0.15, 0.2) is 4.80 Å². The average molecular weight is 593 g/mol. The molecule has 5 rings (SSSR count). The molecule has 0 fully saturated rings. The van der Waals surface area contributed by atoms with Crippen LogP contribution in [0.2, 0.25) is 0 Å². The second-order valence-corrected chi connectivity index (χ2v) is 10.3. The molecule has 11 heteroatoms. The summed E-state index contributed by atoms with van der Waals surface area (Å²) in [5, 5.41) is 14.7. The molecule has 0 spiro atoms. The van der Waals surface area contributed by atoms with Crippen molar-refractivity contribution in [2.75, 3.05) is 5.32 Å². The number of nitrogens with one attached hydrogen (secondary N) is 1. The van der Waals surface area contributed by atoms with Crippen molar-refractivity contribution in [1.82, 2.24) is 4.57 Å². The molecule has 1 amide bonds. The number of nitrogens with zero attached hydrogens (tertiary/aromatic N) is 3. The SMILES string of the molecule is CC1=C(C(=O)Nc2ccc(F)cc2)C(c2ccccc2[N+](=O)[O-])n2c(s/c(=C/c3ccc(Br)cc3)c2=O)=N1. The Labute approximate surface area is 227 Å². The Morgan fingerprint density at radius 1 is 1.13 bits per heavy atom. The molecule has 1 aliphatic rings. The Hall–Kier alpha value is -4.22. The van der Waals surface area contributed by atoms with Gasteiger partial charge in [0.05, 0.1) is 26.3 Å². The summed E-state index contributed by atoms with van der Waals surface area (Å²) in [6.07, 6.45) is 1.71. The summed E-state index contributed by atoms with van der Waals surface area (Å²) in [7, 11) is 0. The topological polar surface area (TPSA) is 107 Å². The molecular formula is C27H18BrFN4O4S. The van der Waals surface area contributed by atoms with E-state index < -0.39 is 28.2 Å². The summed E-state index contributed by atoms with van der Waals surface area (Å²) >= 11 is 4.52. The quantitative estimate of drug-likeness (QED) is 0.268. The van der Waals surface area contributed by atoms with Crippen LogP contribution in [0.3, 0.4) is 0 Å². The lowest BCUT2D eigenvalue weighted by atomic mass is 9.93. The first-order chi connectivity index (χ1) is 18.2. The number of allylic oxidation sites excluding steroid dienone is 1. The van der Waals surface area contributed by atoms with Crippen molar-refractivity contribution >= 4 is 50.6 Å². The van der Waals surface area contributed by atoms with Crippen molar-refractivity contribution in [2.24, 2.45) is 4.99 Å². The molecule has 0 saturated heterocycles. The number of aromatic nitrogens is 1. The van der Waals surface area contributed by atoms with E-state index in [1.54, 1.807) is 19.1 Å². The van der Waals surface area contributed by atoms with Gasteiger partial charge in [0.2, 0.25) is 0 Å². The van der Waals surface area contributed by atoms with E-state index in [2.05, 4.69) is 26.2 Å². The van der Waals surface area contributed by atoms with Crippen LogP contribution in [-0.2, 0) is 4.79 Å². The lowest BCUT2D eigenvalue weighted by molar-refractivity contribution is -0.385.